The molecule has 0 amide bonds. The zero-order valence-corrected chi connectivity index (χ0v) is 20.7. The van der Waals surface area contributed by atoms with Crippen molar-refractivity contribution in [2.45, 2.75) is 39.3 Å². The smallest absolute Gasteiger partial charge is 0.289 e. The van der Waals surface area contributed by atoms with E-state index in [0.29, 0.717) is 24.1 Å². The molecule has 5 rings (SSSR count). The maximum Gasteiger partial charge on any atom is 0.329 e. The molecule has 0 aliphatic heterocycles. The highest BCUT2D eigenvalue weighted by molar-refractivity contribution is 6.30. The van der Waals surface area contributed by atoms with Crippen LogP contribution in [0.15, 0.2) is 77.7 Å². The molecular weight excluding hydrogens is 474 g/mol. The second-order valence-electron chi connectivity index (χ2n) is 8.56. The molecule has 2 aromatic carbocycles. The molecule has 36 heavy (non-hydrogen) atoms. The lowest BCUT2D eigenvalue weighted by atomic mass is 10.0. The third-order valence-electron chi connectivity index (χ3n) is 6.19. The quantitative estimate of drug-likeness (QED) is 0.314. The largest absolute Gasteiger partial charge is 0.329 e. The Kier molecular flexibility index (Phi) is 7.04. The van der Waals surface area contributed by atoms with E-state index in [1.54, 1.807) is 9.13 Å². The van der Waals surface area contributed by atoms with E-state index in [2.05, 4.69) is 44.7 Å². The topological polar surface area (TPSA) is 94.3 Å². The first-order valence-electron chi connectivity index (χ1n) is 12.0. The summed E-state index contributed by atoms with van der Waals surface area (Å²) in [5, 5.41) is 14.9. The van der Waals surface area contributed by atoms with E-state index in [9.17, 15) is 4.79 Å². The average Bonchev–Trinajstić information content (AvgIpc) is 3.53. The molecule has 0 saturated carbocycles. The van der Waals surface area contributed by atoms with Crippen molar-refractivity contribution < 1.29 is 0 Å². The Bertz CT molecular complexity index is 1490. The molecular formula is C27H26ClN7O. The first kappa shape index (κ1) is 23.7. The van der Waals surface area contributed by atoms with Gasteiger partial charge in [-0.25, -0.2) is 4.79 Å². The molecule has 0 radical (unpaired) electrons. The Morgan fingerprint density at radius 1 is 0.917 bits per heavy atom. The Balaban J connectivity index is 1.41. The van der Waals surface area contributed by atoms with Crippen LogP contribution in [0.3, 0.4) is 0 Å². The zero-order valence-electron chi connectivity index (χ0n) is 19.9. The summed E-state index contributed by atoms with van der Waals surface area (Å²) in [5.74, 6) is 0.525. The Morgan fingerprint density at radius 2 is 1.69 bits per heavy atom. The number of aromatic amines is 1. The Hall–Kier alpha value is -4.04. The number of imidazole rings is 1. The fourth-order valence-electron chi connectivity index (χ4n) is 4.37. The molecule has 5 aromatic rings. The third-order valence-corrected chi connectivity index (χ3v) is 6.61. The van der Waals surface area contributed by atoms with Crippen LogP contribution in [0.2, 0.25) is 5.15 Å². The van der Waals surface area contributed by atoms with Crippen molar-refractivity contribution in [2.24, 2.45) is 0 Å². The van der Waals surface area contributed by atoms with E-state index in [1.165, 1.54) is 5.56 Å². The van der Waals surface area contributed by atoms with Gasteiger partial charge in [-0.05, 0) is 35.2 Å². The monoisotopic (exact) mass is 499 g/mol. The number of aryl methyl sites for hydroxylation is 1. The minimum atomic E-state index is -0.104. The van der Waals surface area contributed by atoms with Gasteiger partial charge in [0.05, 0.1) is 17.9 Å². The number of hydrogen-bond donors (Lipinski definition) is 1. The maximum absolute atomic E-state index is 13.4. The number of tetrazole rings is 1. The van der Waals surface area contributed by atoms with Crippen LogP contribution in [0.1, 0.15) is 30.3 Å². The van der Waals surface area contributed by atoms with Gasteiger partial charge in [0.1, 0.15) is 5.15 Å². The summed E-state index contributed by atoms with van der Waals surface area (Å²) in [6, 6.07) is 21.9. The fraction of sp³-hybridized carbons (Fsp3) is 0.222. The van der Waals surface area contributed by atoms with Gasteiger partial charge in [0.2, 0.25) is 5.82 Å². The number of H-pyrrole nitrogens is 1. The van der Waals surface area contributed by atoms with Crippen molar-refractivity contribution in [3.63, 3.8) is 0 Å². The van der Waals surface area contributed by atoms with E-state index in [4.69, 9.17) is 11.6 Å². The summed E-state index contributed by atoms with van der Waals surface area (Å²) in [5.41, 5.74) is 5.45. The summed E-state index contributed by atoms with van der Waals surface area (Å²) in [6.45, 7) is 2.98. The first-order chi connectivity index (χ1) is 17.7. The van der Waals surface area contributed by atoms with Crippen LogP contribution in [-0.2, 0) is 25.9 Å². The predicted octanol–water partition coefficient (Wildman–Crippen LogP) is 4.79. The van der Waals surface area contributed by atoms with Gasteiger partial charge in [-0.2, -0.15) is 5.21 Å². The van der Waals surface area contributed by atoms with Gasteiger partial charge >= 0.3 is 5.69 Å². The van der Waals surface area contributed by atoms with Gasteiger partial charge in [0.25, 0.3) is 0 Å². The molecule has 1 N–H and O–H groups in total. The van der Waals surface area contributed by atoms with E-state index in [-0.39, 0.29) is 5.69 Å². The summed E-state index contributed by atoms with van der Waals surface area (Å²) in [6.07, 6.45) is 4.17. The van der Waals surface area contributed by atoms with Crippen LogP contribution in [0.4, 0.5) is 0 Å². The average molecular weight is 500 g/mol. The van der Waals surface area contributed by atoms with Crippen LogP contribution >= 0.6 is 11.6 Å². The molecule has 0 saturated heterocycles. The number of aromatic nitrogens is 7. The Morgan fingerprint density at radius 3 is 2.39 bits per heavy atom. The number of benzene rings is 2. The van der Waals surface area contributed by atoms with Crippen molar-refractivity contribution in [2.75, 3.05) is 0 Å². The highest BCUT2D eigenvalue weighted by atomic mass is 35.5. The van der Waals surface area contributed by atoms with E-state index in [0.717, 1.165) is 47.3 Å². The minimum Gasteiger partial charge on any atom is -0.289 e. The predicted molar refractivity (Wildman–Crippen MR) is 140 cm³/mol. The standard InChI is InChI=1S/C27H26ClN7O/c1-2-8-24-25(28)34(16-15-19-9-4-3-5-10-19)27(36)35(24)18-21-14-13-20(17-29-21)22-11-6-7-12-23(22)26-30-32-33-31-26/h3-7,9-14,17H,2,8,15-16,18H2,1H3,(H,30,31,32,33). The SMILES string of the molecule is CCCc1c(Cl)n(CCc2ccccc2)c(=O)n1Cc1ccc(-c2ccccc2-c2nn[nH]n2)cn1. The van der Waals surface area contributed by atoms with Gasteiger partial charge in [0, 0.05) is 23.9 Å². The molecule has 0 unspecified atom stereocenters. The van der Waals surface area contributed by atoms with Crippen molar-refractivity contribution in [1.29, 1.82) is 0 Å². The normalized spacial score (nSPS) is 11.2. The summed E-state index contributed by atoms with van der Waals surface area (Å²) in [7, 11) is 0. The number of hydrogen-bond acceptors (Lipinski definition) is 5. The van der Waals surface area contributed by atoms with Crippen LogP contribution in [0.5, 0.6) is 0 Å². The molecule has 0 spiro atoms. The molecule has 3 aromatic heterocycles. The summed E-state index contributed by atoms with van der Waals surface area (Å²) < 4.78 is 3.43. The zero-order chi connectivity index (χ0) is 24.9. The number of nitrogens with one attached hydrogen (secondary N) is 1. The first-order valence-corrected chi connectivity index (χ1v) is 12.3. The van der Waals surface area contributed by atoms with Crippen LogP contribution in [-0.4, -0.2) is 34.7 Å². The molecule has 0 aliphatic rings. The van der Waals surface area contributed by atoms with E-state index >= 15 is 0 Å². The second-order valence-corrected chi connectivity index (χ2v) is 8.92. The van der Waals surface area contributed by atoms with Crippen molar-refractivity contribution >= 4 is 11.6 Å². The summed E-state index contributed by atoms with van der Waals surface area (Å²) in [4.78, 5) is 18.0. The fourth-order valence-corrected chi connectivity index (χ4v) is 4.73. The number of nitrogens with zero attached hydrogens (tertiary/aromatic N) is 6. The maximum atomic E-state index is 13.4. The van der Waals surface area contributed by atoms with Crippen LogP contribution in [0.25, 0.3) is 22.5 Å². The molecule has 0 aliphatic carbocycles. The molecule has 0 atom stereocenters. The Labute approximate surface area is 213 Å². The van der Waals surface area contributed by atoms with Gasteiger partial charge in [-0.15, -0.1) is 10.2 Å². The van der Waals surface area contributed by atoms with Crippen LogP contribution < -0.4 is 5.69 Å². The van der Waals surface area contributed by atoms with Gasteiger partial charge < -0.3 is 0 Å². The van der Waals surface area contributed by atoms with Gasteiger partial charge in [0.15, 0.2) is 0 Å². The third kappa shape index (κ3) is 4.85. The molecule has 0 fully saturated rings. The van der Waals surface area contributed by atoms with Crippen molar-refractivity contribution in [1.82, 2.24) is 34.7 Å². The van der Waals surface area contributed by atoms with Crippen molar-refractivity contribution in [3.8, 4) is 22.5 Å². The van der Waals surface area contributed by atoms with E-state index in [1.807, 2.05) is 60.8 Å². The highest BCUT2D eigenvalue weighted by Gasteiger charge is 2.19. The number of halogens is 1. The molecule has 9 heteroatoms. The molecule has 182 valence electrons. The highest BCUT2D eigenvalue weighted by Crippen LogP contribution is 2.29. The lowest BCUT2D eigenvalue weighted by molar-refractivity contribution is 0.624. The number of pyridine rings is 1. The molecule has 8 nitrogen and oxygen atoms in total. The van der Waals surface area contributed by atoms with Gasteiger partial charge in [-0.3, -0.25) is 14.1 Å². The van der Waals surface area contributed by atoms with Crippen molar-refractivity contribution in [3.05, 3.63) is 106 Å². The van der Waals surface area contributed by atoms with E-state index < -0.39 is 0 Å². The van der Waals surface area contributed by atoms with Crippen LogP contribution in [0, 0.1) is 0 Å². The second kappa shape index (κ2) is 10.7. The molecule has 0 bridgehead atoms. The number of rotatable bonds is 9. The molecule has 3 heterocycles. The lowest BCUT2D eigenvalue weighted by Gasteiger charge is -2.09. The van der Waals surface area contributed by atoms with Gasteiger partial charge in [-0.1, -0.05) is 85.6 Å². The lowest BCUT2D eigenvalue weighted by Crippen LogP contribution is -2.26. The summed E-state index contributed by atoms with van der Waals surface area (Å²) >= 11 is 6.72. The minimum absolute atomic E-state index is 0.104.